The van der Waals surface area contributed by atoms with Crippen molar-refractivity contribution in [1.29, 1.82) is 0 Å². The summed E-state index contributed by atoms with van der Waals surface area (Å²) in [5.74, 6) is -0.255. The molecule has 2 rings (SSSR count). The van der Waals surface area contributed by atoms with Crippen LogP contribution in [0.4, 0.5) is 18.9 Å². The molecule has 5 nitrogen and oxygen atoms in total. The molecule has 0 fully saturated rings. The van der Waals surface area contributed by atoms with E-state index in [4.69, 9.17) is 5.11 Å². The summed E-state index contributed by atoms with van der Waals surface area (Å²) in [4.78, 5) is 0. The zero-order valence-corrected chi connectivity index (χ0v) is 11.8. The van der Waals surface area contributed by atoms with Crippen LogP contribution in [0.2, 0.25) is 0 Å². The van der Waals surface area contributed by atoms with Crippen LogP contribution in [-0.2, 0) is 6.54 Å². The van der Waals surface area contributed by atoms with Gasteiger partial charge in [-0.3, -0.25) is 4.68 Å². The molecule has 120 valence electrons. The normalized spacial score (nSPS) is 13.0. The minimum absolute atomic E-state index is 0.0203. The summed E-state index contributed by atoms with van der Waals surface area (Å²) < 4.78 is 42.2. The number of alkyl halides is 3. The smallest absolute Gasteiger partial charge is 0.406 e. The number of aliphatic hydroxyl groups excluding tert-OH is 1. The number of ether oxygens (including phenoxy) is 1. The van der Waals surface area contributed by atoms with Gasteiger partial charge in [0.25, 0.3) is 0 Å². The summed E-state index contributed by atoms with van der Waals surface area (Å²) in [5.41, 5.74) is 1.36. The van der Waals surface area contributed by atoms with Crippen molar-refractivity contribution in [2.45, 2.75) is 25.9 Å². The van der Waals surface area contributed by atoms with Crippen LogP contribution in [0.15, 0.2) is 36.7 Å². The Kier molecular flexibility index (Phi) is 4.92. The second kappa shape index (κ2) is 6.69. The Hall–Kier alpha value is -2.22. The summed E-state index contributed by atoms with van der Waals surface area (Å²) in [7, 11) is 0. The van der Waals surface area contributed by atoms with E-state index in [2.05, 4.69) is 15.2 Å². The number of nitrogens with zero attached hydrogens (tertiary/aromatic N) is 2. The van der Waals surface area contributed by atoms with Gasteiger partial charge >= 0.3 is 6.36 Å². The van der Waals surface area contributed by atoms with Gasteiger partial charge in [0.2, 0.25) is 0 Å². The van der Waals surface area contributed by atoms with E-state index in [1.54, 1.807) is 23.1 Å². The fourth-order valence-electron chi connectivity index (χ4n) is 1.98. The van der Waals surface area contributed by atoms with Crippen molar-refractivity contribution in [2.75, 3.05) is 11.9 Å². The first-order valence-corrected chi connectivity index (χ1v) is 6.63. The van der Waals surface area contributed by atoms with Crippen LogP contribution in [-0.4, -0.2) is 27.9 Å². The quantitative estimate of drug-likeness (QED) is 0.860. The van der Waals surface area contributed by atoms with E-state index in [1.165, 1.54) is 18.2 Å². The molecule has 0 spiro atoms. The van der Waals surface area contributed by atoms with Crippen LogP contribution < -0.4 is 10.1 Å². The molecular weight excluding hydrogens is 299 g/mol. The van der Waals surface area contributed by atoms with Crippen LogP contribution in [0.5, 0.6) is 5.75 Å². The molecule has 0 radical (unpaired) electrons. The van der Waals surface area contributed by atoms with Crippen molar-refractivity contribution in [3.05, 3.63) is 42.2 Å². The van der Waals surface area contributed by atoms with Crippen molar-refractivity contribution in [3.63, 3.8) is 0 Å². The van der Waals surface area contributed by atoms with E-state index >= 15 is 0 Å². The minimum atomic E-state index is -4.71. The van der Waals surface area contributed by atoms with Crippen molar-refractivity contribution in [1.82, 2.24) is 9.78 Å². The summed E-state index contributed by atoms with van der Waals surface area (Å²) in [6, 6.07) is 5.57. The first kappa shape index (κ1) is 16.2. The lowest BCUT2D eigenvalue weighted by atomic mass is 10.1. The van der Waals surface area contributed by atoms with Gasteiger partial charge in [0.1, 0.15) is 5.75 Å². The number of hydrogen-bond donors (Lipinski definition) is 2. The van der Waals surface area contributed by atoms with Crippen LogP contribution >= 0.6 is 0 Å². The molecule has 0 amide bonds. The van der Waals surface area contributed by atoms with Crippen LogP contribution in [0.3, 0.4) is 0 Å². The summed E-state index contributed by atoms with van der Waals surface area (Å²) >= 11 is 0. The largest absolute Gasteiger partial charge is 0.573 e. The second-order valence-corrected chi connectivity index (χ2v) is 4.70. The highest BCUT2D eigenvalue weighted by Crippen LogP contribution is 2.26. The summed E-state index contributed by atoms with van der Waals surface area (Å²) in [6.07, 6.45) is -1.41. The van der Waals surface area contributed by atoms with E-state index in [-0.39, 0.29) is 18.4 Å². The van der Waals surface area contributed by atoms with Crippen LogP contribution in [0.1, 0.15) is 18.5 Å². The Balaban J connectivity index is 2.05. The van der Waals surface area contributed by atoms with Gasteiger partial charge in [-0.25, -0.2) is 0 Å². The van der Waals surface area contributed by atoms with Crippen LogP contribution in [0.25, 0.3) is 0 Å². The van der Waals surface area contributed by atoms with E-state index in [9.17, 15) is 13.2 Å². The molecule has 8 heteroatoms. The standard InChI is InChI=1S/C14H16F3N3O2/c1-10(19-12-8-18-20(9-12)5-6-21)11-3-2-4-13(7-11)22-14(15,16)17/h2-4,7-10,19,21H,5-6H2,1H3. The van der Waals surface area contributed by atoms with Gasteiger partial charge in [0.15, 0.2) is 0 Å². The Morgan fingerprint density at radius 2 is 2.18 bits per heavy atom. The highest BCUT2D eigenvalue weighted by molar-refractivity contribution is 5.42. The maximum Gasteiger partial charge on any atom is 0.573 e. The number of aliphatic hydroxyl groups is 1. The van der Waals surface area contributed by atoms with Gasteiger partial charge in [-0.1, -0.05) is 12.1 Å². The molecule has 1 atom stereocenters. The topological polar surface area (TPSA) is 59.3 Å². The van der Waals surface area contributed by atoms with Crippen LogP contribution in [0, 0.1) is 0 Å². The monoisotopic (exact) mass is 315 g/mol. The van der Waals surface area contributed by atoms with Gasteiger partial charge in [-0.15, -0.1) is 13.2 Å². The molecule has 0 aliphatic heterocycles. The maximum absolute atomic E-state index is 12.2. The van der Waals surface area contributed by atoms with E-state index in [1.807, 2.05) is 6.92 Å². The van der Waals surface area contributed by atoms with Gasteiger partial charge in [0, 0.05) is 12.2 Å². The predicted octanol–water partition coefficient (Wildman–Crippen LogP) is 2.95. The zero-order chi connectivity index (χ0) is 16.2. The molecule has 2 N–H and O–H groups in total. The van der Waals surface area contributed by atoms with E-state index in [0.717, 1.165) is 0 Å². The zero-order valence-electron chi connectivity index (χ0n) is 11.8. The second-order valence-electron chi connectivity index (χ2n) is 4.70. The molecule has 22 heavy (non-hydrogen) atoms. The fraction of sp³-hybridized carbons (Fsp3) is 0.357. The third-order valence-corrected chi connectivity index (χ3v) is 2.94. The fourth-order valence-corrected chi connectivity index (χ4v) is 1.98. The number of benzene rings is 1. The number of nitrogens with one attached hydrogen (secondary N) is 1. The first-order valence-electron chi connectivity index (χ1n) is 6.63. The van der Waals surface area contributed by atoms with Gasteiger partial charge in [0.05, 0.1) is 25.0 Å². The third kappa shape index (κ3) is 4.66. The first-order chi connectivity index (χ1) is 10.4. The highest BCUT2D eigenvalue weighted by atomic mass is 19.4. The number of hydrogen-bond acceptors (Lipinski definition) is 4. The average Bonchev–Trinajstić information content (AvgIpc) is 2.85. The molecule has 1 unspecified atom stereocenters. The van der Waals surface area contributed by atoms with Crippen molar-refractivity contribution in [3.8, 4) is 5.75 Å². The van der Waals surface area contributed by atoms with Crippen molar-refractivity contribution in [2.24, 2.45) is 0 Å². The summed E-state index contributed by atoms with van der Waals surface area (Å²) in [6.45, 7) is 2.18. The van der Waals surface area contributed by atoms with E-state index in [0.29, 0.717) is 17.8 Å². The van der Waals surface area contributed by atoms with Crippen molar-refractivity contribution < 1.29 is 23.0 Å². The molecule has 0 aliphatic rings. The average molecular weight is 315 g/mol. The molecule has 2 aromatic rings. The molecule has 0 aliphatic carbocycles. The van der Waals surface area contributed by atoms with Gasteiger partial charge in [-0.05, 0) is 24.6 Å². The van der Waals surface area contributed by atoms with Crippen molar-refractivity contribution >= 4 is 5.69 Å². The maximum atomic E-state index is 12.2. The molecule has 0 saturated carbocycles. The SMILES string of the molecule is CC(Nc1cnn(CCO)c1)c1cccc(OC(F)(F)F)c1. The molecular formula is C14H16F3N3O2. The molecule has 0 bridgehead atoms. The van der Waals surface area contributed by atoms with Gasteiger partial charge in [-0.2, -0.15) is 5.10 Å². The number of rotatable bonds is 6. The lowest BCUT2D eigenvalue weighted by Gasteiger charge is -2.16. The Morgan fingerprint density at radius 1 is 1.41 bits per heavy atom. The number of halogens is 3. The van der Waals surface area contributed by atoms with Gasteiger partial charge < -0.3 is 15.2 Å². The molecule has 0 saturated heterocycles. The molecule has 1 aromatic carbocycles. The Labute approximate surface area is 125 Å². The molecule has 1 heterocycles. The van der Waals surface area contributed by atoms with E-state index < -0.39 is 6.36 Å². The summed E-state index contributed by atoms with van der Waals surface area (Å²) in [5, 5.41) is 16.0. The highest BCUT2D eigenvalue weighted by Gasteiger charge is 2.31. The lowest BCUT2D eigenvalue weighted by Crippen LogP contribution is -2.17. The molecule has 1 aromatic heterocycles. The lowest BCUT2D eigenvalue weighted by molar-refractivity contribution is -0.274. The Morgan fingerprint density at radius 3 is 2.86 bits per heavy atom. The predicted molar refractivity (Wildman–Crippen MR) is 74.5 cm³/mol. The third-order valence-electron chi connectivity index (χ3n) is 2.94. The minimum Gasteiger partial charge on any atom is -0.406 e. The number of anilines is 1. The number of aromatic nitrogens is 2. The Bertz CT molecular complexity index is 613.